The lowest BCUT2D eigenvalue weighted by Gasteiger charge is -2.16. The Morgan fingerprint density at radius 1 is 1.23 bits per heavy atom. The number of furan rings is 1. The molecule has 0 aliphatic carbocycles. The van der Waals surface area contributed by atoms with Gasteiger partial charge in [0.2, 0.25) is 11.7 Å². The van der Waals surface area contributed by atoms with E-state index in [0.29, 0.717) is 18.1 Å². The van der Waals surface area contributed by atoms with Gasteiger partial charge in [0.25, 0.3) is 5.91 Å². The minimum Gasteiger partial charge on any atom is -0.461 e. The molecule has 1 aliphatic heterocycles. The predicted octanol–water partition coefficient (Wildman–Crippen LogP) is 2.56. The normalized spacial score (nSPS) is 14.0. The van der Waals surface area contributed by atoms with Crippen LogP contribution in [0.3, 0.4) is 0 Å². The molecular formula is C18H19N5O3. The van der Waals surface area contributed by atoms with Crippen molar-refractivity contribution in [3.63, 3.8) is 0 Å². The second-order valence-electron chi connectivity index (χ2n) is 6.23. The number of nitrogens with one attached hydrogen (secondary N) is 1. The maximum absolute atomic E-state index is 12.3. The quantitative estimate of drug-likeness (QED) is 0.753. The molecule has 1 saturated heterocycles. The fourth-order valence-electron chi connectivity index (χ4n) is 2.94. The summed E-state index contributed by atoms with van der Waals surface area (Å²) in [5, 5.41) is 6.61. The molecule has 8 nitrogen and oxygen atoms in total. The van der Waals surface area contributed by atoms with Gasteiger partial charge in [0, 0.05) is 24.8 Å². The van der Waals surface area contributed by atoms with E-state index in [1.54, 1.807) is 18.2 Å². The van der Waals surface area contributed by atoms with Crippen molar-refractivity contribution in [3.05, 3.63) is 47.6 Å². The van der Waals surface area contributed by atoms with Gasteiger partial charge in [0.05, 0.1) is 18.5 Å². The maximum Gasteiger partial charge on any atom is 0.273 e. The van der Waals surface area contributed by atoms with Crippen molar-refractivity contribution in [2.24, 2.45) is 0 Å². The molecule has 0 atom stereocenters. The maximum atomic E-state index is 12.3. The van der Waals surface area contributed by atoms with E-state index < -0.39 is 0 Å². The van der Waals surface area contributed by atoms with E-state index in [2.05, 4.69) is 25.3 Å². The molecule has 4 rings (SSSR count). The van der Waals surface area contributed by atoms with Gasteiger partial charge in [-0.2, -0.15) is 0 Å². The summed E-state index contributed by atoms with van der Waals surface area (Å²) in [6, 6.07) is 6.91. The van der Waals surface area contributed by atoms with Crippen molar-refractivity contribution in [2.75, 3.05) is 18.0 Å². The molecule has 0 spiro atoms. The van der Waals surface area contributed by atoms with Gasteiger partial charge in [-0.1, -0.05) is 5.16 Å². The monoisotopic (exact) mass is 353 g/mol. The predicted molar refractivity (Wildman–Crippen MR) is 93.6 cm³/mol. The standard InChI is InChI=1S/C18H19N5O3/c1-12-9-13(21-18(20-12)23-6-2-3-7-23)11-19-17(24)14-10-16(26-22-14)15-5-4-8-25-15/h4-5,8-10H,2-3,6-7,11H2,1H3,(H,19,24). The molecule has 4 heterocycles. The van der Waals surface area contributed by atoms with Crippen LogP contribution in [0.2, 0.25) is 0 Å². The summed E-state index contributed by atoms with van der Waals surface area (Å²) in [6.07, 6.45) is 3.86. The smallest absolute Gasteiger partial charge is 0.273 e. The summed E-state index contributed by atoms with van der Waals surface area (Å²) in [7, 11) is 0. The van der Waals surface area contributed by atoms with Crippen LogP contribution in [0.25, 0.3) is 11.5 Å². The Hall–Kier alpha value is -3.16. The first-order valence-electron chi connectivity index (χ1n) is 8.57. The molecule has 1 fully saturated rings. The minimum absolute atomic E-state index is 0.196. The van der Waals surface area contributed by atoms with E-state index >= 15 is 0 Å². The second-order valence-corrected chi connectivity index (χ2v) is 6.23. The van der Waals surface area contributed by atoms with E-state index in [0.717, 1.165) is 43.3 Å². The third-order valence-electron chi connectivity index (χ3n) is 4.22. The van der Waals surface area contributed by atoms with Crippen LogP contribution in [-0.4, -0.2) is 34.1 Å². The highest BCUT2D eigenvalue weighted by atomic mass is 16.5. The number of aryl methyl sites for hydroxylation is 1. The number of carbonyl (C=O) groups is 1. The molecular weight excluding hydrogens is 334 g/mol. The zero-order valence-electron chi connectivity index (χ0n) is 14.4. The van der Waals surface area contributed by atoms with Gasteiger partial charge in [-0.3, -0.25) is 4.79 Å². The lowest BCUT2D eigenvalue weighted by molar-refractivity contribution is 0.0941. The summed E-state index contributed by atoms with van der Waals surface area (Å²) in [6.45, 7) is 4.18. The number of hydrogen-bond donors (Lipinski definition) is 1. The second kappa shape index (κ2) is 6.99. The molecule has 3 aromatic rings. The molecule has 0 bridgehead atoms. The average Bonchev–Trinajstić information content (AvgIpc) is 3.41. The number of amides is 1. The molecule has 0 unspecified atom stereocenters. The van der Waals surface area contributed by atoms with Crippen LogP contribution in [-0.2, 0) is 6.54 Å². The van der Waals surface area contributed by atoms with Crippen LogP contribution in [0.5, 0.6) is 0 Å². The Labute approximate surface area is 150 Å². The Balaban J connectivity index is 1.43. The highest BCUT2D eigenvalue weighted by Crippen LogP contribution is 2.20. The molecule has 1 N–H and O–H groups in total. The molecule has 3 aromatic heterocycles. The first kappa shape index (κ1) is 16.3. The SMILES string of the molecule is Cc1cc(CNC(=O)c2cc(-c3ccco3)on2)nc(N2CCCC2)n1. The summed E-state index contributed by atoms with van der Waals surface area (Å²) in [4.78, 5) is 23.5. The van der Waals surface area contributed by atoms with Crippen molar-refractivity contribution in [3.8, 4) is 11.5 Å². The molecule has 0 aromatic carbocycles. The van der Waals surface area contributed by atoms with E-state index in [1.807, 2.05) is 13.0 Å². The minimum atomic E-state index is -0.328. The van der Waals surface area contributed by atoms with Crippen LogP contribution >= 0.6 is 0 Å². The van der Waals surface area contributed by atoms with E-state index in [-0.39, 0.29) is 11.6 Å². The first-order valence-corrected chi connectivity index (χ1v) is 8.57. The van der Waals surface area contributed by atoms with Crippen LogP contribution in [0.15, 0.2) is 39.5 Å². The largest absolute Gasteiger partial charge is 0.461 e. The van der Waals surface area contributed by atoms with Gasteiger partial charge in [0.15, 0.2) is 11.5 Å². The van der Waals surface area contributed by atoms with Crippen molar-refractivity contribution < 1.29 is 13.7 Å². The van der Waals surface area contributed by atoms with E-state index in [4.69, 9.17) is 8.94 Å². The van der Waals surface area contributed by atoms with Crippen LogP contribution in [0.4, 0.5) is 5.95 Å². The van der Waals surface area contributed by atoms with Gasteiger partial charge < -0.3 is 19.2 Å². The number of nitrogens with zero attached hydrogens (tertiary/aromatic N) is 4. The Morgan fingerprint density at radius 3 is 2.85 bits per heavy atom. The van der Waals surface area contributed by atoms with Gasteiger partial charge in [-0.25, -0.2) is 9.97 Å². The third-order valence-corrected chi connectivity index (χ3v) is 4.22. The molecule has 8 heteroatoms. The Kier molecular flexibility index (Phi) is 4.39. The zero-order chi connectivity index (χ0) is 17.9. The number of rotatable bonds is 5. The van der Waals surface area contributed by atoms with Crippen molar-refractivity contribution in [1.82, 2.24) is 20.4 Å². The summed E-state index contributed by atoms with van der Waals surface area (Å²) < 4.78 is 10.4. The number of carbonyl (C=O) groups excluding carboxylic acids is 1. The van der Waals surface area contributed by atoms with Crippen LogP contribution in [0.1, 0.15) is 34.7 Å². The third kappa shape index (κ3) is 3.44. The lowest BCUT2D eigenvalue weighted by atomic mass is 10.3. The van der Waals surface area contributed by atoms with Crippen LogP contribution < -0.4 is 10.2 Å². The van der Waals surface area contributed by atoms with Gasteiger partial charge in [0.1, 0.15) is 0 Å². The zero-order valence-corrected chi connectivity index (χ0v) is 14.4. The molecule has 134 valence electrons. The average molecular weight is 353 g/mol. The number of aromatic nitrogens is 3. The highest BCUT2D eigenvalue weighted by Gasteiger charge is 2.17. The molecule has 26 heavy (non-hydrogen) atoms. The fraction of sp³-hybridized carbons (Fsp3) is 0.333. The number of anilines is 1. The summed E-state index contributed by atoms with van der Waals surface area (Å²) in [5.41, 5.74) is 1.84. The molecule has 0 saturated carbocycles. The summed E-state index contributed by atoms with van der Waals surface area (Å²) >= 11 is 0. The van der Waals surface area contributed by atoms with Crippen molar-refractivity contribution in [1.29, 1.82) is 0 Å². The van der Waals surface area contributed by atoms with Crippen molar-refractivity contribution >= 4 is 11.9 Å². The van der Waals surface area contributed by atoms with Crippen molar-refractivity contribution in [2.45, 2.75) is 26.3 Å². The molecule has 1 amide bonds. The van der Waals surface area contributed by atoms with Gasteiger partial charge in [-0.15, -0.1) is 0 Å². The topological polar surface area (TPSA) is 97.3 Å². The van der Waals surface area contributed by atoms with Gasteiger partial charge in [-0.05, 0) is 38.0 Å². The van der Waals surface area contributed by atoms with Crippen LogP contribution in [0, 0.1) is 6.92 Å². The summed E-state index contributed by atoms with van der Waals surface area (Å²) in [5.74, 6) is 1.34. The van der Waals surface area contributed by atoms with E-state index in [1.165, 1.54) is 6.26 Å². The fourth-order valence-corrected chi connectivity index (χ4v) is 2.94. The van der Waals surface area contributed by atoms with E-state index in [9.17, 15) is 4.79 Å². The first-order chi connectivity index (χ1) is 12.7. The van der Waals surface area contributed by atoms with Gasteiger partial charge >= 0.3 is 0 Å². The molecule has 0 radical (unpaired) electrons. The lowest BCUT2D eigenvalue weighted by Crippen LogP contribution is -2.25. The Bertz CT molecular complexity index is 897. The Morgan fingerprint density at radius 2 is 2.08 bits per heavy atom. The number of hydrogen-bond acceptors (Lipinski definition) is 7. The molecule has 1 aliphatic rings. The highest BCUT2D eigenvalue weighted by molar-refractivity contribution is 5.92.